The van der Waals surface area contributed by atoms with Gasteiger partial charge >= 0.3 is 0 Å². The Morgan fingerprint density at radius 1 is 0.960 bits per heavy atom. The van der Waals surface area contributed by atoms with Crippen molar-refractivity contribution in [1.29, 1.82) is 0 Å². The lowest BCUT2D eigenvalue weighted by molar-refractivity contribution is -0.118. The molecule has 0 heterocycles. The lowest BCUT2D eigenvalue weighted by Crippen LogP contribution is -2.41. The van der Waals surface area contributed by atoms with Crippen molar-refractivity contribution < 1.29 is 22.0 Å². The fraction of sp³-hybridized carbons (Fsp3) is 0.235. The van der Waals surface area contributed by atoms with Gasteiger partial charge in [0.05, 0.1) is 11.4 Å². The number of amides is 1. The molecule has 0 aliphatic rings. The summed E-state index contributed by atoms with van der Waals surface area (Å²) < 4.78 is 51.8. The van der Waals surface area contributed by atoms with Gasteiger partial charge in [-0.25, -0.2) is 17.2 Å². The number of benzene rings is 2. The van der Waals surface area contributed by atoms with Crippen LogP contribution in [-0.2, 0) is 14.8 Å². The van der Waals surface area contributed by atoms with E-state index in [1.165, 1.54) is 36.2 Å². The van der Waals surface area contributed by atoms with Gasteiger partial charge in [0.25, 0.3) is 0 Å². The number of hydrogen-bond donors (Lipinski definition) is 0. The molecule has 2 aromatic rings. The van der Waals surface area contributed by atoms with Crippen LogP contribution in [0.25, 0.3) is 0 Å². The Morgan fingerprint density at radius 3 is 1.92 bits per heavy atom. The largest absolute Gasteiger partial charge is 0.312 e. The Balaban J connectivity index is 2.17. The molecule has 5 nitrogen and oxygen atoms in total. The number of rotatable bonds is 6. The van der Waals surface area contributed by atoms with Gasteiger partial charge in [0.2, 0.25) is 15.9 Å². The molecule has 134 valence electrons. The number of sulfonamides is 1. The first-order valence-corrected chi connectivity index (χ1v) is 8.97. The van der Waals surface area contributed by atoms with Crippen molar-refractivity contribution in [2.45, 2.75) is 11.8 Å². The van der Waals surface area contributed by atoms with Crippen molar-refractivity contribution >= 4 is 21.6 Å². The van der Waals surface area contributed by atoms with E-state index in [0.29, 0.717) is 12.2 Å². The van der Waals surface area contributed by atoms with E-state index in [0.717, 1.165) is 28.6 Å². The molecule has 0 aliphatic heterocycles. The molecule has 25 heavy (non-hydrogen) atoms. The third-order valence-corrected chi connectivity index (χ3v) is 5.45. The molecule has 2 rings (SSSR count). The normalized spacial score (nSPS) is 11.6. The average Bonchev–Trinajstić information content (AvgIpc) is 2.57. The maximum absolute atomic E-state index is 13.0. The minimum absolute atomic E-state index is 0.103. The van der Waals surface area contributed by atoms with Crippen molar-refractivity contribution in [3.05, 3.63) is 60.2 Å². The van der Waals surface area contributed by atoms with Crippen molar-refractivity contribution in [2.24, 2.45) is 0 Å². The summed E-state index contributed by atoms with van der Waals surface area (Å²) in [6, 6.07) is 9.72. The van der Waals surface area contributed by atoms with Crippen molar-refractivity contribution in [3.63, 3.8) is 0 Å². The summed E-state index contributed by atoms with van der Waals surface area (Å²) in [5.41, 5.74) is 0.474. The van der Waals surface area contributed by atoms with Crippen LogP contribution in [0.5, 0.6) is 0 Å². The van der Waals surface area contributed by atoms with Crippen LogP contribution in [0.1, 0.15) is 6.92 Å². The van der Waals surface area contributed by atoms with Crippen molar-refractivity contribution in [1.82, 2.24) is 4.31 Å². The summed E-state index contributed by atoms with van der Waals surface area (Å²) >= 11 is 0. The van der Waals surface area contributed by atoms with E-state index < -0.39 is 34.1 Å². The highest BCUT2D eigenvalue weighted by Gasteiger charge is 2.25. The molecule has 0 bridgehead atoms. The van der Waals surface area contributed by atoms with Crippen LogP contribution in [-0.4, -0.2) is 38.8 Å². The Labute approximate surface area is 145 Å². The number of carbonyl (C=O) groups is 1. The summed E-state index contributed by atoms with van der Waals surface area (Å²) in [4.78, 5) is 13.7. The van der Waals surface area contributed by atoms with Crippen molar-refractivity contribution in [2.75, 3.05) is 25.0 Å². The second-order valence-electron chi connectivity index (χ2n) is 5.33. The minimum Gasteiger partial charge on any atom is -0.312 e. The van der Waals surface area contributed by atoms with Gasteiger partial charge in [-0.1, -0.05) is 0 Å². The maximum atomic E-state index is 13.0. The summed E-state index contributed by atoms with van der Waals surface area (Å²) in [5.74, 6) is -1.43. The first-order chi connectivity index (χ1) is 11.8. The number of nitrogens with zero attached hydrogens (tertiary/aromatic N) is 2. The van der Waals surface area contributed by atoms with Gasteiger partial charge in [0.15, 0.2) is 0 Å². The van der Waals surface area contributed by atoms with Gasteiger partial charge in [0.1, 0.15) is 11.6 Å². The third kappa shape index (κ3) is 4.40. The predicted octanol–water partition coefficient (Wildman–Crippen LogP) is 2.64. The number of hydrogen-bond acceptors (Lipinski definition) is 3. The highest BCUT2D eigenvalue weighted by Crippen LogP contribution is 2.18. The van der Waals surface area contributed by atoms with E-state index >= 15 is 0 Å². The molecule has 2 aromatic carbocycles. The molecule has 0 saturated heterocycles. The Morgan fingerprint density at radius 2 is 1.44 bits per heavy atom. The third-order valence-electron chi connectivity index (χ3n) is 3.64. The Hall–Kier alpha value is -2.32. The molecule has 0 unspecified atom stereocenters. The molecule has 0 aliphatic carbocycles. The van der Waals surface area contributed by atoms with Gasteiger partial charge in [-0.05, 0) is 55.5 Å². The number of halogens is 2. The molecule has 0 fully saturated rings. The number of carbonyl (C=O) groups excluding carboxylic acids is 1. The summed E-state index contributed by atoms with van der Waals surface area (Å²) in [7, 11) is -2.65. The second-order valence-corrected chi connectivity index (χ2v) is 7.37. The molecule has 0 spiro atoms. The number of anilines is 1. The zero-order chi connectivity index (χ0) is 18.6. The average molecular weight is 368 g/mol. The van der Waals surface area contributed by atoms with Crippen LogP contribution in [0.3, 0.4) is 0 Å². The molecule has 0 aromatic heterocycles. The second kappa shape index (κ2) is 7.71. The van der Waals surface area contributed by atoms with Crippen LogP contribution in [0.2, 0.25) is 0 Å². The van der Waals surface area contributed by atoms with E-state index in [-0.39, 0.29) is 4.90 Å². The van der Waals surface area contributed by atoms with E-state index in [1.54, 1.807) is 6.92 Å². The maximum Gasteiger partial charge on any atom is 0.243 e. The lowest BCUT2D eigenvalue weighted by atomic mass is 10.2. The molecule has 0 N–H and O–H groups in total. The van der Waals surface area contributed by atoms with Crippen LogP contribution in [0, 0.1) is 11.6 Å². The smallest absolute Gasteiger partial charge is 0.243 e. The summed E-state index contributed by atoms with van der Waals surface area (Å²) in [5, 5.41) is 0. The van der Waals surface area contributed by atoms with E-state index in [2.05, 4.69) is 0 Å². The molecule has 0 atom stereocenters. The molecule has 1 amide bonds. The van der Waals surface area contributed by atoms with Crippen LogP contribution in [0.15, 0.2) is 53.4 Å². The SMILES string of the molecule is CCN(C(=O)CN(C)S(=O)(=O)c1ccc(F)cc1)c1ccc(F)cc1. The van der Waals surface area contributed by atoms with Gasteiger partial charge in [-0.2, -0.15) is 4.31 Å². The molecule has 8 heteroatoms. The highest BCUT2D eigenvalue weighted by atomic mass is 32.2. The summed E-state index contributed by atoms with van der Waals surface area (Å²) in [6.45, 7) is 1.63. The van der Waals surface area contributed by atoms with Gasteiger partial charge in [0, 0.05) is 19.3 Å². The first-order valence-electron chi connectivity index (χ1n) is 7.53. The van der Waals surface area contributed by atoms with Gasteiger partial charge < -0.3 is 4.90 Å². The number of likely N-dealkylation sites (N-methyl/N-ethyl adjacent to an activating group) is 2. The Bertz CT molecular complexity index is 837. The quantitative estimate of drug-likeness (QED) is 0.788. The highest BCUT2D eigenvalue weighted by molar-refractivity contribution is 7.89. The Kier molecular flexibility index (Phi) is 5.86. The fourth-order valence-corrected chi connectivity index (χ4v) is 3.39. The standard InChI is InChI=1S/C17H18F2N2O3S/c1-3-21(15-8-4-13(18)5-9-15)17(22)12-20(2)25(23,24)16-10-6-14(19)7-11-16/h4-11H,3,12H2,1-2H3. The minimum atomic E-state index is -3.92. The lowest BCUT2D eigenvalue weighted by Gasteiger charge is -2.24. The zero-order valence-electron chi connectivity index (χ0n) is 13.8. The van der Waals surface area contributed by atoms with Crippen LogP contribution in [0.4, 0.5) is 14.5 Å². The molecule has 0 saturated carbocycles. The molecular weight excluding hydrogens is 350 g/mol. The van der Waals surface area contributed by atoms with E-state index in [1.807, 2.05) is 0 Å². The summed E-state index contributed by atoms with van der Waals surface area (Å²) in [6.07, 6.45) is 0. The van der Waals surface area contributed by atoms with Gasteiger partial charge in [-0.15, -0.1) is 0 Å². The molecular formula is C17H18F2N2O3S. The van der Waals surface area contributed by atoms with Crippen molar-refractivity contribution in [3.8, 4) is 0 Å². The topological polar surface area (TPSA) is 57.7 Å². The van der Waals surface area contributed by atoms with E-state index in [9.17, 15) is 22.0 Å². The van der Waals surface area contributed by atoms with Crippen LogP contribution < -0.4 is 4.90 Å². The van der Waals surface area contributed by atoms with Gasteiger partial charge in [-0.3, -0.25) is 4.79 Å². The monoisotopic (exact) mass is 368 g/mol. The predicted molar refractivity (Wildman–Crippen MR) is 90.6 cm³/mol. The molecule has 0 radical (unpaired) electrons. The zero-order valence-corrected chi connectivity index (χ0v) is 14.6. The fourth-order valence-electron chi connectivity index (χ4n) is 2.27. The van der Waals surface area contributed by atoms with E-state index in [4.69, 9.17) is 0 Å². The van der Waals surface area contributed by atoms with Crippen LogP contribution >= 0.6 is 0 Å². The first kappa shape index (κ1) is 19.0.